The molecule has 1 unspecified atom stereocenters. The summed E-state index contributed by atoms with van der Waals surface area (Å²) in [7, 11) is 0. The van der Waals surface area contributed by atoms with Crippen LogP contribution in [0, 0.1) is 5.92 Å². The summed E-state index contributed by atoms with van der Waals surface area (Å²) in [6.45, 7) is 2.26. The smallest absolute Gasteiger partial charge is 0.134 e. The van der Waals surface area contributed by atoms with E-state index in [4.69, 9.17) is 4.42 Å². The number of benzene rings is 1. The van der Waals surface area contributed by atoms with Gasteiger partial charge in [0.25, 0.3) is 0 Å². The Hall–Kier alpha value is -1.44. The molecule has 0 aliphatic heterocycles. The van der Waals surface area contributed by atoms with Crippen molar-refractivity contribution in [3.8, 4) is 5.75 Å². The van der Waals surface area contributed by atoms with E-state index in [0.717, 1.165) is 35.5 Å². The number of hydrogen-bond acceptors (Lipinski definition) is 2. The summed E-state index contributed by atoms with van der Waals surface area (Å²) in [6, 6.07) is 5.42. The number of phenolic OH excluding ortho intramolecular Hbond substituents is 1. The average molecular weight is 230 g/mol. The van der Waals surface area contributed by atoms with Crippen LogP contribution in [-0.2, 0) is 12.8 Å². The normalized spacial score (nSPS) is 20.2. The largest absolute Gasteiger partial charge is 0.508 e. The topological polar surface area (TPSA) is 33.4 Å². The van der Waals surface area contributed by atoms with Crippen molar-refractivity contribution >= 4 is 11.0 Å². The molecule has 1 aliphatic carbocycles. The van der Waals surface area contributed by atoms with Gasteiger partial charge in [0.2, 0.25) is 0 Å². The van der Waals surface area contributed by atoms with Gasteiger partial charge in [-0.25, -0.2) is 0 Å². The molecule has 2 nitrogen and oxygen atoms in total. The first-order valence-electron chi connectivity index (χ1n) is 6.51. The maximum atomic E-state index is 9.60. The van der Waals surface area contributed by atoms with Gasteiger partial charge in [0, 0.05) is 17.4 Å². The van der Waals surface area contributed by atoms with Crippen LogP contribution in [-0.4, -0.2) is 5.11 Å². The second kappa shape index (κ2) is 4.10. The average Bonchev–Trinajstić information content (AvgIpc) is 2.54. The third-order valence-corrected chi connectivity index (χ3v) is 3.94. The Kier molecular flexibility index (Phi) is 2.58. The molecule has 0 spiro atoms. The van der Waals surface area contributed by atoms with Crippen LogP contribution in [0.25, 0.3) is 11.0 Å². The zero-order chi connectivity index (χ0) is 11.8. The molecule has 1 aliphatic rings. The van der Waals surface area contributed by atoms with Crippen LogP contribution in [0.1, 0.15) is 37.5 Å². The molecular formula is C15H18O2. The van der Waals surface area contributed by atoms with E-state index in [1.165, 1.54) is 24.8 Å². The molecule has 0 saturated heterocycles. The van der Waals surface area contributed by atoms with E-state index in [1.807, 2.05) is 12.1 Å². The van der Waals surface area contributed by atoms with Gasteiger partial charge in [-0.3, -0.25) is 0 Å². The molecule has 0 fully saturated rings. The van der Waals surface area contributed by atoms with Gasteiger partial charge in [0.15, 0.2) is 0 Å². The highest BCUT2D eigenvalue weighted by molar-refractivity contribution is 5.83. The van der Waals surface area contributed by atoms with Crippen LogP contribution in [0.5, 0.6) is 5.75 Å². The molecule has 2 aromatic rings. The minimum Gasteiger partial charge on any atom is -0.508 e. The van der Waals surface area contributed by atoms with Crippen molar-refractivity contribution in [3.05, 3.63) is 29.5 Å². The maximum absolute atomic E-state index is 9.60. The molecule has 2 heteroatoms. The molecule has 1 aromatic heterocycles. The molecule has 0 radical (unpaired) electrons. The number of fused-ring (bicyclic) bond motifs is 3. The summed E-state index contributed by atoms with van der Waals surface area (Å²) in [5, 5.41) is 10.7. The van der Waals surface area contributed by atoms with E-state index in [9.17, 15) is 5.11 Å². The molecule has 1 N–H and O–H groups in total. The predicted octanol–water partition coefficient (Wildman–Crippen LogP) is 4.04. The molecule has 1 aromatic carbocycles. The second-order valence-electron chi connectivity index (χ2n) is 5.05. The number of rotatable bonds is 1. The fourth-order valence-electron chi connectivity index (χ4n) is 2.90. The Morgan fingerprint density at radius 3 is 3.12 bits per heavy atom. The fraction of sp³-hybridized carbons (Fsp3) is 0.467. The molecular weight excluding hydrogens is 212 g/mol. The number of furan rings is 1. The van der Waals surface area contributed by atoms with Gasteiger partial charge >= 0.3 is 0 Å². The van der Waals surface area contributed by atoms with E-state index < -0.39 is 0 Å². The quantitative estimate of drug-likeness (QED) is 0.750. The lowest BCUT2D eigenvalue weighted by molar-refractivity contribution is 0.463. The molecule has 1 heterocycles. The SMILES string of the molecule is CCC1CCCc2oc3ccc(O)cc3c2C1. The third kappa shape index (κ3) is 1.82. The first-order chi connectivity index (χ1) is 8.28. The van der Waals surface area contributed by atoms with E-state index in [-0.39, 0.29) is 0 Å². The standard InChI is InChI=1S/C15H18O2/c1-2-10-4-3-5-14-12(8-10)13-9-11(16)6-7-15(13)17-14/h6-7,9-10,16H,2-5,8H2,1H3. The summed E-state index contributed by atoms with van der Waals surface area (Å²) < 4.78 is 5.91. The van der Waals surface area contributed by atoms with E-state index in [2.05, 4.69) is 6.92 Å². The van der Waals surface area contributed by atoms with Gasteiger partial charge in [-0.05, 0) is 43.4 Å². The van der Waals surface area contributed by atoms with Crippen LogP contribution in [0.2, 0.25) is 0 Å². The number of hydrogen-bond donors (Lipinski definition) is 1. The van der Waals surface area contributed by atoms with Crippen LogP contribution in [0.15, 0.2) is 22.6 Å². The lowest BCUT2D eigenvalue weighted by Crippen LogP contribution is -2.00. The molecule has 0 bridgehead atoms. The minimum absolute atomic E-state index is 0.332. The third-order valence-electron chi connectivity index (χ3n) is 3.94. The Morgan fingerprint density at radius 1 is 1.41 bits per heavy atom. The summed E-state index contributed by atoms with van der Waals surface area (Å²) in [5.41, 5.74) is 2.25. The summed E-state index contributed by atoms with van der Waals surface area (Å²) in [6.07, 6.45) is 5.88. The van der Waals surface area contributed by atoms with Gasteiger partial charge in [-0.1, -0.05) is 13.3 Å². The van der Waals surface area contributed by atoms with E-state index in [0.29, 0.717) is 5.75 Å². The van der Waals surface area contributed by atoms with Crippen molar-refractivity contribution in [2.75, 3.05) is 0 Å². The summed E-state index contributed by atoms with van der Waals surface area (Å²) >= 11 is 0. The molecule has 0 amide bonds. The zero-order valence-electron chi connectivity index (χ0n) is 10.2. The van der Waals surface area contributed by atoms with Crippen LogP contribution >= 0.6 is 0 Å². The summed E-state index contributed by atoms with van der Waals surface area (Å²) in [4.78, 5) is 0. The van der Waals surface area contributed by atoms with Crippen LogP contribution in [0.4, 0.5) is 0 Å². The van der Waals surface area contributed by atoms with Crippen molar-refractivity contribution in [1.29, 1.82) is 0 Å². The van der Waals surface area contributed by atoms with Crippen molar-refractivity contribution < 1.29 is 9.52 Å². The van der Waals surface area contributed by atoms with Crippen molar-refractivity contribution in [2.45, 2.75) is 39.0 Å². The monoisotopic (exact) mass is 230 g/mol. The number of aromatic hydroxyl groups is 1. The van der Waals surface area contributed by atoms with Crippen molar-refractivity contribution in [1.82, 2.24) is 0 Å². The maximum Gasteiger partial charge on any atom is 0.134 e. The first-order valence-corrected chi connectivity index (χ1v) is 6.51. The number of aryl methyl sites for hydroxylation is 1. The Morgan fingerprint density at radius 2 is 2.29 bits per heavy atom. The second-order valence-corrected chi connectivity index (χ2v) is 5.05. The highest BCUT2D eigenvalue weighted by atomic mass is 16.3. The van der Waals surface area contributed by atoms with Gasteiger partial charge in [-0.15, -0.1) is 0 Å². The van der Waals surface area contributed by atoms with Gasteiger partial charge < -0.3 is 9.52 Å². The number of phenols is 1. The van der Waals surface area contributed by atoms with Gasteiger partial charge in [0.1, 0.15) is 17.1 Å². The highest BCUT2D eigenvalue weighted by Crippen LogP contribution is 2.35. The molecule has 0 saturated carbocycles. The van der Waals surface area contributed by atoms with Gasteiger partial charge in [0.05, 0.1) is 0 Å². The Balaban J connectivity index is 2.14. The van der Waals surface area contributed by atoms with E-state index in [1.54, 1.807) is 6.07 Å². The lowest BCUT2D eigenvalue weighted by atomic mass is 9.94. The van der Waals surface area contributed by atoms with Crippen molar-refractivity contribution in [2.24, 2.45) is 5.92 Å². The predicted molar refractivity (Wildman–Crippen MR) is 68.3 cm³/mol. The van der Waals surface area contributed by atoms with Gasteiger partial charge in [-0.2, -0.15) is 0 Å². The minimum atomic E-state index is 0.332. The first kappa shape index (κ1) is 10.7. The zero-order valence-corrected chi connectivity index (χ0v) is 10.2. The van der Waals surface area contributed by atoms with Crippen LogP contribution < -0.4 is 0 Å². The molecule has 1 atom stereocenters. The lowest BCUT2D eigenvalue weighted by Gasteiger charge is -2.10. The van der Waals surface area contributed by atoms with Crippen LogP contribution in [0.3, 0.4) is 0 Å². The van der Waals surface area contributed by atoms with E-state index >= 15 is 0 Å². The fourth-order valence-corrected chi connectivity index (χ4v) is 2.90. The van der Waals surface area contributed by atoms with Crippen molar-refractivity contribution in [3.63, 3.8) is 0 Å². The molecule has 17 heavy (non-hydrogen) atoms. The highest BCUT2D eigenvalue weighted by Gasteiger charge is 2.21. The molecule has 3 rings (SSSR count). The Bertz CT molecular complexity index is 539. The molecule has 90 valence electrons. The Labute approximate surface area is 101 Å². The summed E-state index contributed by atoms with van der Waals surface area (Å²) in [5.74, 6) is 2.24.